The first-order valence-corrected chi connectivity index (χ1v) is 8.24. The molecule has 1 N–H and O–H groups in total. The quantitative estimate of drug-likeness (QED) is 0.571. The molecule has 19 heavy (non-hydrogen) atoms. The van der Waals surface area contributed by atoms with Crippen LogP contribution in [0.4, 0.5) is 0 Å². The summed E-state index contributed by atoms with van der Waals surface area (Å²) in [5.41, 5.74) is 2.71. The summed E-state index contributed by atoms with van der Waals surface area (Å²) in [5.74, 6) is 0. The van der Waals surface area contributed by atoms with Crippen molar-refractivity contribution in [3.63, 3.8) is 0 Å². The maximum Gasteiger partial charge on any atom is 0.105 e. The molecule has 0 radical (unpaired) electrons. The van der Waals surface area contributed by atoms with Gasteiger partial charge in [-0.3, -0.25) is 0 Å². The van der Waals surface area contributed by atoms with E-state index >= 15 is 0 Å². The summed E-state index contributed by atoms with van der Waals surface area (Å²) in [6.45, 7) is 2.00. The number of rotatable bonds is 2. The smallest absolute Gasteiger partial charge is 0.105 e. The minimum atomic E-state index is -0.708. The van der Waals surface area contributed by atoms with Crippen LogP contribution in [-0.2, 0) is 0 Å². The third-order valence-corrected chi connectivity index (χ3v) is 5.59. The molecule has 0 bridgehead atoms. The predicted molar refractivity (Wildman–Crippen MR) is 89.8 cm³/mol. The highest BCUT2D eigenvalue weighted by Crippen LogP contribution is 2.34. The van der Waals surface area contributed by atoms with Gasteiger partial charge in [0.15, 0.2) is 0 Å². The molecule has 100 valence electrons. The van der Waals surface area contributed by atoms with E-state index in [1.807, 2.05) is 31.2 Å². The monoisotopic (exact) mass is 466 g/mol. The van der Waals surface area contributed by atoms with Crippen molar-refractivity contribution in [1.29, 1.82) is 0 Å². The number of hydrogen-bond donors (Lipinski definition) is 1. The molecule has 1 atom stereocenters. The molecule has 0 aliphatic rings. The van der Waals surface area contributed by atoms with Gasteiger partial charge in [0.25, 0.3) is 0 Å². The first-order chi connectivity index (χ1) is 8.90. The van der Waals surface area contributed by atoms with Crippen LogP contribution in [-0.4, -0.2) is 5.11 Å². The van der Waals surface area contributed by atoms with Crippen LogP contribution < -0.4 is 0 Å². The zero-order chi connectivity index (χ0) is 14.2. The first-order valence-electron chi connectivity index (χ1n) is 5.48. The SMILES string of the molecule is Cc1cc(Br)c(C(O)c2ccc(Cl)c(Br)c2)cc1Br. The lowest BCUT2D eigenvalue weighted by Crippen LogP contribution is -2.01. The number of aryl methyl sites for hydroxylation is 1. The van der Waals surface area contributed by atoms with Gasteiger partial charge in [0, 0.05) is 19.0 Å². The largest absolute Gasteiger partial charge is 0.384 e. The van der Waals surface area contributed by atoms with Gasteiger partial charge in [-0.2, -0.15) is 0 Å². The van der Waals surface area contributed by atoms with Crippen LogP contribution in [0.5, 0.6) is 0 Å². The van der Waals surface area contributed by atoms with E-state index in [1.165, 1.54) is 0 Å². The lowest BCUT2D eigenvalue weighted by Gasteiger charge is -2.15. The molecule has 0 aliphatic heterocycles. The average molecular weight is 469 g/mol. The topological polar surface area (TPSA) is 20.2 Å². The van der Waals surface area contributed by atoms with Gasteiger partial charge in [0.2, 0.25) is 0 Å². The number of aliphatic hydroxyl groups excluding tert-OH is 1. The number of benzene rings is 2. The maximum absolute atomic E-state index is 10.5. The molecule has 0 amide bonds. The molecule has 0 saturated carbocycles. The summed E-state index contributed by atoms with van der Waals surface area (Å²) in [6, 6.07) is 9.31. The van der Waals surface area contributed by atoms with Gasteiger partial charge in [-0.05, 0) is 58.2 Å². The van der Waals surface area contributed by atoms with Gasteiger partial charge < -0.3 is 5.11 Å². The van der Waals surface area contributed by atoms with Crippen molar-refractivity contribution in [1.82, 2.24) is 0 Å². The Morgan fingerprint density at radius 1 is 1.00 bits per heavy atom. The fraction of sp³-hybridized carbons (Fsp3) is 0.143. The second kappa shape index (κ2) is 6.27. The zero-order valence-corrected chi connectivity index (χ0v) is 15.4. The molecule has 0 aromatic heterocycles. The van der Waals surface area contributed by atoms with Crippen LogP contribution in [0.2, 0.25) is 5.02 Å². The zero-order valence-electron chi connectivity index (χ0n) is 9.92. The summed E-state index contributed by atoms with van der Waals surface area (Å²) in [6.07, 6.45) is -0.708. The summed E-state index contributed by atoms with van der Waals surface area (Å²) in [4.78, 5) is 0. The number of hydrogen-bond acceptors (Lipinski definition) is 1. The summed E-state index contributed by atoms with van der Waals surface area (Å²) < 4.78 is 2.62. The molecular formula is C14H10Br3ClO. The Morgan fingerprint density at radius 3 is 2.32 bits per heavy atom. The van der Waals surface area contributed by atoms with E-state index in [-0.39, 0.29) is 0 Å². The van der Waals surface area contributed by atoms with E-state index in [0.29, 0.717) is 5.02 Å². The highest BCUT2D eigenvalue weighted by atomic mass is 79.9. The van der Waals surface area contributed by atoms with Gasteiger partial charge in [-0.15, -0.1) is 0 Å². The molecule has 2 aromatic carbocycles. The second-order valence-electron chi connectivity index (χ2n) is 4.20. The summed E-state index contributed by atoms with van der Waals surface area (Å²) in [7, 11) is 0. The normalized spacial score (nSPS) is 12.5. The number of halogens is 4. The predicted octanol–water partition coefficient (Wildman–Crippen LogP) is 6.02. The van der Waals surface area contributed by atoms with E-state index in [0.717, 1.165) is 30.1 Å². The van der Waals surface area contributed by atoms with Crippen molar-refractivity contribution < 1.29 is 5.11 Å². The van der Waals surface area contributed by atoms with E-state index in [9.17, 15) is 5.11 Å². The highest BCUT2D eigenvalue weighted by Gasteiger charge is 2.16. The van der Waals surface area contributed by atoms with Crippen molar-refractivity contribution in [2.24, 2.45) is 0 Å². The molecule has 2 aromatic rings. The van der Waals surface area contributed by atoms with Crippen LogP contribution in [0.1, 0.15) is 22.8 Å². The van der Waals surface area contributed by atoms with Crippen LogP contribution in [0, 0.1) is 6.92 Å². The van der Waals surface area contributed by atoms with Crippen molar-refractivity contribution >= 4 is 59.4 Å². The molecule has 1 nitrogen and oxygen atoms in total. The molecule has 2 rings (SSSR count). The van der Waals surface area contributed by atoms with Gasteiger partial charge >= 0.3 is 0 Å². The van der Waals surface area contributed by atoms with Gasteiger partial charge in [-0.25, -0.2) is 0 Å². The molecule has 0 aliphatic carbocycles. The average Bonchev–Trinajstić information content (AvgIpc) is 2.36. The fourth-order valence-electron chi connectivity index (χ4n) is 1.73. The Morgan fingerprint density at radius 2 is 1.68 bits per heavy atom. The first kappa shape index (κ1) is 15.5. The molecule has 0 saturated heterocycles. The molecule has 0 spiro atoms. The Kier molecular flexibility index (Phi) is 5.12. The van der Waals surface area contributed by atoms with Crippen molar-refractivity contribution in [2.75, 3.05) is 0 Å². The Hall–Kier alpha value is 0.130. The van der Waals surface area contributed by atoms with E-state index in [1.54, 1.807) is 6.07 Å². The Bertz CT molecular complexity index is 628. The van der Waals surface area contributed by atoms with Crippen LogP contribution in [0.15, 0.2) is 43.7 Å². The maximum atomic E-state index is 10.5. The second-order valence-corrected chi connectivity index (χ2v) is 7.17. The standard InChI is InChI=1S/C14H10Br3ClO/c1-7-4-11(16)9(6-10(7)15)14(19)8-2-3-13(18)12(17)5-8/h2-6,14,19H,1H3. The number of aliphatic hydroxyl groups is 1. The van der Waals surface area contributed by atoms with Crippen molar-refractivity contribution in [2.45, 2.75) is 13.0 Å². The van der Waals surface area contributed by atoms with E-state index in [2.05, 4.69) is 47.8 Å². The molecule has 5 heteroatoms. The van der Waals surface area contributed by atoms with E-state index < -0.39 is 6.10 Å². The summed E-state index contributed by atoms with van der Waals surface area (Å²) >= 11 is 16.3. The lowest BCUT2D eigenvalue weighted by molar-refractivity contribution is 0.219. The van der Waals surface area contributed by atoms with Crippen LogP contribution in [0.3, 0.4) is 0 Å². The van der Waals surface area contributed by atoms with E-state index in [4.69, 9.17) is 11.6 Å². The Balaban J connectivity index is 2.46. The minimum Gasteiger partial charge on any atom is -0.384 e. The minimum absolute atomic E-state index is 0.625. The summed E-state index contributed by atoms with van der Waals surface area (Å²) in [5, 5.41) is 11.1. The lowest BCUT2D eigenvalue weighted by atomic mass is 10.0. The molecular weight excluding hydrogens is 459 g/mol. The fourth-order valence-corrected chi connectivity index (χ4v) is 3.28. The van der Waals surface area contributed by atoms with Crippen LogP contribution >= 0.6 is 59.4 Å². The van der Waals surface area contributed by atoms with Crippen molar-refractivity contribution in [3.8, 4) is 0 Å². The molecule has 0 heterocycles. The highest BCUT2D eigenvalue weighted by molar-refractivity contribution is 9.11. The third kappa shape index (κ3) is 3.42. The van der Waals surface area contributed by atoms with Gasteiger partial charge in [-0.1, -0.05) is 49.5 Å². The van der Waals surface area contributed by atoms with Crippen LogP contribution in [0.25, 0.3) is 0 Å². The van der Waals surface area contributed by atoms with Crippen molar-refractivity contribution in [3.05, 3.63) is 65.5 Å². The molecule has 1 unspecified atom stereocenters. The third-order valence-electron chi connectivity index (χ3n) is 2.83. The molecule has 0 fully saturated rings. The van der Waals surface area contributed by atoms with Gasteiger partial charge in [0.05, 0.1) is 5.02 Å². The van der Waals surface area contributed by atoms with Gasteiger partial charge in [0.1, 0.15) is 6.10 Å². The Labute approximate surface area is 142 Å².